The summed E-state index contributed by atoms with van der Waals surface area (Å²) >= 11 is 5.89. The van der Waals surface area contributed by atoms with Gasteiger partial charge in [-0.3, -0.25) is 14.4 Å². The second kappa shape index (κ2) is 12.8. The molecule has 12 nitrogen and oxygen atoms in total. The molecule has 0 spiro atoms. The fourth-order valence-electron chi connectivity index (χ4n) is 4.28. The molecule has 0 atom stereocenters. The number of hydrogen-bond donors (Lipinski definition) is 2. The first-order chi connectivity index (χ1) is 19.9. The van der Waals surface area contributed by atoms with Crippen LogP contribution in [0.2, 0.25) is 5.02 Å². The Morgan fingerprint density at radius 1 is 1.07 bits per heavy atom. The number of amides is 3. The molecule has 212 valence electrons. The molecular formula is C28H27ClN6O6. The first-order valence-electron chi connectivity index (χ1n) is 12.7. The molecule has 5 rings (SSSR count). The minimum atomic E-state index is -0.531. The van der Waals surface area contributed by atoms with Gasteiger partial charge in [0.1, 0.15) is 36.8 Å². The Labute approximate surface area is 240 Å². The largest absolute Gasteiger partial charge is 0.489 e. The van der Waals surface area contributed by atoms with E-state index in [0.29, 0.717) is 58.8 Å². The van der Waals surface area contributed by atoms with Gasteiger partial charge in [-0.1, -0.05) is 17.7 Å². The number of carbonyl (C=O) groups is 3. The molecule has 0 saturated carbocycles. The summed E-state index contributed by atoms with van der Waals surface area (Å²) in [5, 5.41) is 5.98. The highest BCUT2D eigenvalue weighted by atomic mass is 35.5. The number of benzene rings is 2. The van der Waals surface area contributed by atoms with E-state index in [9.17, 15) is 14.4 Å². The minimum absolute atomic E-state index is 0.00874. The fraction of sp³-hybridized carbons (Fsp3) is 0.250. The van der Waals surface area contributed by atoms with Gasteiger partial charge in [0.15, 0.2) is 0 Å². The van der Waals surface area contributed by atoms with Crippen LogP contribution in [0, 0.1) is 0 Å². The topological polar surface area (TPSA) is 137 Å². The number of morpholine rings is 1. The lowest BCUT2D eigenvalue weighted by Gasteiger charge is -2.26. The van der Waals surface area contributed by atoms with Gasteiger partial charge < -0.3 is 34.3 Å². The number of methoxy groups -OCH3 is 1. The molecular weight excluding hydrogens is 552 g/mol. The van der Waals surface area contributed by atoms with Gasteiger partial charge in [-0.05, 0) is 48.5 Å². The molecule has 13 heteroatoms. The van der Waals surface area contributed by atoms with Crippen LogP contribution < -0.4 is 20.3 Å². The third-order valence-electron chi connectivity index (χ3n) is 6.21. The number of nitrogens with one attached hydrogen (secondary N) is 2. The van der Waals surface area contributed by atoms with Crippen LogP contribution in [0.5, 0.6) is 5.75 Å². The van der Waals surface area contributed by atoms with E-state index >= 15 is 0 Å². The van der Waals surface area contributed by atoms with Crippen molar-refractivity contribution in [2.75, 3.05) is 55.6 Å². The summed E-state index contributed by atoms with van der Waals surface area (Å²) in [6.07, 6.45) is 1.42. The number of para-hydroxylation sites is 1. The van der Waals surface area contributed by atoms with Crippen molar-refractivity contribution in [1.82, 2.24) is 14.5 Å². The van der Waals surface area contributed by atoms with Crippen LogP contribution in [0.15, 0.2) is 60.8 Å². The van der Waals surface area contributed by atoms with Crippen LogP contribution >= 0.6 is 11.6 Å². The van der Waals surface area contributed by atoms with Crippen LogP contribution in [0.3, 0.4) is 0 Å². The molecule has 2 aromatic heterocycles. The maximum absolute atomic E-state index is 13.5. The molecule has 41 heavy (non-hydrogen) atoms. The van der Waals surface area contributed by atoms with Gasteiger partial charge in [0.05, 0.1) is 23.8 Å². The van der Waals surface area contributed by atoms with E-state index in [-0.39, 0.29) is 31.5 Å². The van der Waals surface area contributed by atoms with Crippen LogP contribution in [0.25, 0.3) is 11.0 Å². The Kier molecular flexibility index (Phi) is 8.73. The summed E-state index contributed by atoms with van der Waals surface area (Å²) in [6.45, 7) is 1.38. The lowest BCUT2D eigenvalue weighted by Crippen LogP contribution is -2.41. The number of aromatic nitrogens is 3. The summed E-state index contributed by atoms with van der Waals surface area (Å²) in [7, 11) is 1.57. The maximum atomic E-state index is 13.5. The van der Waals surface area contributed by atoms with Crippen molar-refractivity contribution in [3.63, 3.8) is 0 Å². The number of ether oxygens (including phenoxy) is 3. The Morgan fingerprint density at radius 2 is 1.90 bits per heavy atom. The molecule has 0 aliphatic carbocycles. The molecule has 3 amide bonds. The Morgan fingerprint density at radius 3 is 2.63 bits per heavy atom. The maximum Gasteiger partial charge on any atom is 0.291 e. The lowest BCUT2D eigenvalue weighted by molar-refractivity contribution is -0.125. The van der Waals surface area contributed by atoms with Crippen LogP contribution in [-0.2, 0) is 25.6 Å². The third kappa shape index (κ3) is 6.62. The van der Waals surface area contributed by atoms with Crippen molar-refractivity contribution < 1.29 is 28.6 Å². The van der Waals surface area contributed by atoms with Crippen molar-refractivity contribution in [1.29, 1.82) is 0 Å². The first kappa shape index (κ1) is 28.0. The highest BCUT2D eigenvalue weighted by molar-refractivity contribution is 6.30. The summed E-state index contributed by atoms with van der Waals surface area (Å²) in [5.41, 5.74) is 2.15. The smallest absolute Gasteiger partial charge is 0.291 e. The normalized spacial score (nSPS) is 13.3. The predicted octanol–water partition coefficient (Wildman–Crippen LogP) is 3.36. The van der Waals surface area contributed by atoms with E-state index in [1.807, 2.05) is 0 Å². The third-order valence-corrected chi connectivity index (χ3v) is 6.43. The Hall–Kier alpha value is -4.52. The van der Waals surface area contributed by atoms with E-state index in [4.69, 9.17) is 25.8 Å². The monoisotopic (exact) mass is 578 g/mol. The van der Waals surface area contributed by atoms with Crippen molar-refractivity contribution in [2.24, 2.45) is 0 Å². The SMILES string of the molecule is COCCOc1cccc2c1nc(C(=O)Nc1ccc(N3CCOCC3=O)cc1)n2CC(=O)Nc1ccc(Cl)cn1. The molecule has 0 bridgehead atoms. The molecule has 4 aromatic rings. The summed E-state index contributed by atoms with van der Waals surface area (Å²) in [4.78, 5) is 48.9. The second-order valence-corrected chi connectivity index (χ2v) is 9.43. The van der Waals surface area contributed by atoms with Crippen molar-refractivity contribution in [3.8, 4) is 5.75 Å². The zero-order valence-corrected chi connectivity index (χ0v) is 22.9. The van der Waals surface area contributed by atoms with Crippen LogP contribution in [0.1, 0.15) is 10.6 Å². The molecule has 2 aromatic carbocycles. The average Bonchev–Trinajstić information content (AvgIpc) is 3.34. The van der Waals surface area contributed by atoms with Gasteiger partial charge in [-0.2, -0.15) is 0 Å². The molecule has 3 heterocycles. The number of halogens is 1. The van der Waals surface area contributed by atoms with Crippen molar-refractivity contribution in [2.45, 2.75) is 6.54 Å². The number of hydrogen-bond acceptors (Lipinski definition) is 8. The van der Waals surface area contributed by atoms with Gasteiger partial charge in [-0.25, -0.2) is 9.97 Å². The summed E-state index contributed by atoms with van der Waals surface area (Å²) in [5.74, 6) is -0.300. The Bertz CT molecular complexity index is 1560. The number of anilines is 3. The standard InChI is InChI=1S/C28H27ClN6O6/c1-39-13-14-41-22-4-2-3-21-26(22)33-27(35(21)16-24(36)32-23-10-5-18(29)15-30-23)28(38)31-19-6-8-20(9-7-19)34-11-12-40-17-25(34)37/h2-10,15H,11-14,16-17H2,1H3,(H,31,38)(H,30,32,36). The van der Waals surface area contributed by atoms with Gasteiger partial charge in [-0.15, -0.1) is 0 Å². The van der Waals surface area contributed by atoms with Gasteiger partial charge in [0.2, 0.25) is 11.7 Å². The molecule has 2 N–H and O–H groups in total. The van der Waals surface area contributed by atoms with Crippen LogP contribution in [-0.4, -0.2) is 72.3 Å². The van der Waals surface area contributed by atoms with Crippen molar-refractivity contribution >= 4 is 57.5 Å². The molecule has 1 saturated heterocycles. The molecule has 1 aliphatic heterocycles. The quantitative estimate of drug-likeness (QED) is 0.273. The van der Waals surface area contributed by atoms with E-state index in [1.165, 1.54) is 10.8 Å². The van der Waals surface area contributed by atoms with E-state index in [2.05, 4.69) is 20.6 Å². The summed E-state index contributed by atoms with van der Waals surface area (Å²) in [6, 6.07) is 15.3. The zero-order valence-electron chi connectivity index (χ0n) is 22.1. The van der Waals surface area contributed by atoms with E-state index in [1.54, 1.807) is 66.6 Å². The number of carbonyl (C=O) groups excluding carboxylic acids is 3. The number of imidazole rings is 1. The minimum Gasteiger partial charge on any atom is -0.489 e. The van der Waals surface area contributed by atoms with E-state index in [0.717, 1.165) is 0 Å². The first-order valence-corrected chi connectivity index (χ1v) is 13.1. The van der Waals surface area contributed by atoms with Gasteiger partial charge >= 0.3 is 0 Å². The highest BCUT2D eigenvalue weighted by Crippen LogP contribution is 2.27. The Balaban J connectivity index is 1.41. The van der Waals surface area contributed by atoms with Crippen molar-refractivity contribution in [3.05, 3.63) is 71.6 Å². The lowest BCUT2D eigenvalue weighted by atomic mass is 10.2. The van der Waals surface area contributed by atoms with E-state index < -0.39 is 11.8 Å². The van der Waals surface area contributed by atoms with Crippen LogP contribution in [0.4, 0.5) is 17.2 Å². The molecule has 0 radical (unpaired) electrons. The number of pyridine rings is 1. The average molecular weight is 579 g/mol. The summed E-state index contributed by atoms with van der Waals surface area (Å²) < 4.78 is 17.6. The predicted molar refractivity (Wildman–Crippen MR) is 153 cm³/mol. The molecule has 1 aliphatic rings. The van der Waals surface area contributed by atoms with Gasteiger partial charge in [0.25, 0.3) is 11.8 Å². The number of fused-ring (bicyclic) bond motifs is 1. The van der Waals surface area contributed by atoms with Gasteiger partial charge in [0, 0.05) is 31.2 Å². The molecule has 0 unspecified atom stereocenters. The highest BCUT2D eigenvalue weighted by Gasteiger charge is 2.23. The second-order valence-electron chi connectivity index (χ2n) is 9.00. The fourth-order valence-corrected chi connectivity index (χ4v) is 4.40. The number of nitrogens with zero attached hydrogens (tertiary/aromatic N) is 4. The number of rotatable bonds is 10. The molecule has 1 fully saturated rings. The zero-order chi connectivity index (χ0) is 28.8.